The Labute approximate surface area is 110 Å². The molecule has 0 spiro atoms. The van der Waals surface area contributed by atoms with Crippen LogP contribution in [0.2, 0.25) is 0 Å². The zero-order valence-electron chi connectivity index (χ0n) is 11.8. The van der Waals surface area contributed by atoms with Crippen LogP contribution in [0.1, 0.15) is 49.4 Å². The van der Waals surface area contributed by atoms with Gasteiger partial charge in [-0.1, -0.05) is 37.1 Å². The number of carbonyl (C=O) groups is 1. The average Bonchev–Trinajstić information content (AvgIpc) is 2.32. The molecule has 18 heavy (non-hydrogen) atoms. The maximum atomic E-state index is 11.9. The van der Waals surface area contributed by atoms with Gasteiger partial charge in [0, 0.05) is 0 Å². The Morgan fingerprint density at radius 1 is 1.39 bits per heavy atom. The van der Waals surface area contributed by atoms with Crippen LogP contribution in [0.25, 0.3) is 0 Å². The van der Waals surface area contributed by atoms with Gasteiger partial charge in [-0.3, -0.25) is 4.79 Å². The minimum atomic E-state index is -0.400. The zero-order chi connectivity index (χ0) is 13.7. The number of hydrogen-bond donors (Lipinski definition) is 2. The van der Waals surface area contributed by atoms with Crippen LogP contribution in [0.3, 0.4) is 0 Å². The van der Waals surface area contributed by atoms with Crippen LogP contribution < -0.4 is 11.1 Å². The van der Waals surface area contributed by atoms with Crippen LogP contribution in [0.5, 0.6) is 0 Å². The molecule has 0 radical (unpaired) electrons. The lowest BCUT2D eigenvalue weighted by molar-refractivity contribution is -0.123. The Balaban J connectivity index is 2.73. The molecule has 1 unspecified atom stereocenters. The highest BCUT2D eigenvalue weighted by Gasteiger charge is 2.16. The zero-order valence-corrected chi connectivity index (χ0v) is 11.8. The van der Waals surface area contributed by atoms with Crippen molar-refractivity contribution in [2.24, 2.45) is 5.73 Å². The number of carbonyl (C=O) groups excluding carboxylic acids is 1. The maximum Gasteiger partial charge on any atom is 0.237 e. The number of amides is 1. The van der Waals surface area contributed by atoms with Crippen molar-refractivity contribution in [3.63, 3.8) is 0 Å². The standard InChI is InChI=1S/C15H24N2O/c1-5-6-14(16)15(18)17-12(4)13-9-10(2)7-8-11(13)3/h7-9,12,14H,5-6,16H2,1-4H3,(H,17,18)/t12?,14-/m1/s1. The first-order valence-corrected chi connectivity index (χ1v) is 6.58. The summed E-state index contributed by atoms with van der Waals surface area (Å²) in [6, 6.07) is 5.88. The van der Waals surface area contributed by atoms with Gasteiger partial charge in [0.1, 0.15) is 0 Å². The van der Waals surface area contributed by atoms with Crippen LogP contribution >= 0.6 is 0 Å². The molecule has 3 N–H and O–H groups in total. The second-order valence-corrected chi connectivity index (χ2v) is 4.99. The van der Waals surface area contributed by atoms with Gasteiger partial charge in [0.15, 0.2) is 0 Å². The van der Waals surface area contributed by atoms with Gasteiger partial charge in [0.05, 0.1) is 12.1 Å². The molecule has 3 nitrogen and oxygen atoms in total. The summed E-state index contributed by atoms with van der Waals surface area (Å²) in [6.07, 6.45) is 1.65. The molecule has 0 aliphatic heterocycles. The number of benzene rings is 1. The van der Waals surface area contributed by atoms with Crippen molar-refractivity contribution in [1.29, 1.82) is 0 Å². The van der Waals surface area contributed by atoms with Crippen molar-refractivity contribution in [3.05, 3.63) is 34.9 Å². The lowest BCUT2D eigenvalue weighted by atomic mass is 9.99. The second-order valence-electron chi connectivity index (χ2n) is 4.99. The third-order valence-corrected chi connectivity index (χ3v) is 3.20. The highest BCUT2D eigenvalue weighted by atomic mass is 16.2. The number of nitrogens with one attached hydrogen (secondary N) is 1. The molecule has 3 heteroatoms. The van der Waals surface area contributed by atoms with E-state index < -0.39 is 6.04 Å². The lowest BCUT2D eigenvalue weighted by Gasteiger charge is -2.19. The van der Waals surface area contributed by atoms with Gasteiger partial charge in [0.25, 0.3) is 0 Å². The fourth-order valence-electron chi connectivity index (χ4n) is 2.07. The maximum absolute atomic E-state index is 11.9. The molecule has 0 saturated heterocycles. The first-order chi connectivity index (χ1) is 8.45. The highest BCUT2D eigenvalue weighted by Crippen LogP contribution is 2.18. The monoisotopic (exact) mass is 248 g/mol. The number of hydrogen-bond acceptors (Lipinski definition) is 2. The second kappa shape index (κ2) is 6.55. The Morgan fingerprint density at radius 3 is 2.67 bits per heavy atom. The molecule has 1 amide bonds. The van der Waals surface area contributed by atoms with E-state index in [1.54, 1.807) is 0 Å². The smallest absolute Gasteiger partial charge is 0.237 e. The third-order valence-electron chi connectivity index (χ3n) is 3.20. The van der Waals surface area contributed by atoms with Crippen molar-refractivity contribution in [1.82, 2.24) is 5.32 Å². The summed E-state index contributed by atoms with van der Waals surface area (Å²) < 4.78 is 0. The number of rotatable bonds is 5. The molecule has 1 aromatic carbocycles. The quantitative estimate of drug-likeness (QED) is 0.841. The molecule has 1 rings (SSSR count). The molecule has 0 bridgehead atoms. The Hall–Kier alpha value is -1.35. The molecule has 0 heterocycles. The van der Waals surface area contributed by atoms with E-state index in [1.165, 1.54) is 11.1 Å². The summed E-state index contributed by atoms with van der Waals surface area (Å²) in [6.45, 7) is 8.14. The van der Waals surface area contributed by atoms with Crippen molar-refractivity contribution in [2.75, 3.05) is 0 Å². The van der Waals surface area contributed by atoms with Crippen molar-refractivity contribution >= 4 is 5.91 Å². The SMILES string of the molecule is CCC[C@@H](N)C(=O)NC(C)c1cc(C)ccc1C. The minimum Gasteiger partial charge on any atom is -0.348 e. The minimum absolute atomic E-state index is 0.000283. The third kappa shape index (κ3) is 3.84. The first kappa shape index (κ1) is 14.7. The molecule has 0 saturated carbocycles. The number of aryl methyl sites for hydroxylation is 2. The highest BCUT2D eigenvalue weighted by molar-refractivity contribution is 5.81. The van der Waals surface area contributed by atoms with Gasteiger partial charge in [-0.15, -0.1) is 0 Å². The molecular weight excluding hydrogens is 224 g/mol. The fraction of sp³-hybridized carbons (Fsp3) is 0.533. The molecule has 0 aliphatic carbocycles. The molecule has 2 atom stereocenters. The molecule has 0 aromatic heterocycles. The van der Waals surface area contributed by atoms with Crippen LogP contribution in [-0.2, 0) is 4.79 Å². The van der Waals surface area contributed by atoms with E-state index in [0.29, 0.717) is 0 Å². The summed E-state index contributed by atoms with van der Waals surface area (Å²) in [5.41, 5.74) is 9.36. The summed E-state index contributed by atoms with van der Waals surface area (Å²) in [5, 5.41) is 2.98. The molecule has 100 valence electrons. The van der Waals surface area contributed by atoms with Crippen molar-refractivity contribution in [3.8, 4) is 0 Å². The van der Waals surface area contributed by atoms with E-state index >= 15 is 0 Å². The van der Waals surface area contributed by atoms with Gasteiger partial charge in [-0.05, 0) is 38.3 Å². The predicted octanol–water partition coefficient (Wildman–Crippen LogP) is 2.61. The van der Waals surface area contributed by atoms with Gasteiger partial charge in [-0.25, -0.2) is 0 Å². The van der Waals surface area contributed by atoms with E-state index in [-0.39, 0.29) is 11.9 Å². The molecule has 1 aromatic rings. The average molecular weight is 248 g/mol. The molecular formula is C15H24N2O. The van der Waals surface area contributed by atoms with Gasteiger partial charge in [-0.2, -0.15) is 0 Å². The van der Waals surface area contributed by atoms with Crippen molar-refractivity contribution in [2.45, 2.75) is 52.6 Å². The summed E-state index contributed by atoms with van der Waals surface area (Å²) in [7, 11) is 0. The van der Waals surface area contributed by atoms with Crippen LogP contribution in [-0.4, -0.2) is 11.9 Å². The lowest BCUT2D eigenvalue weighted by Crippen LogP contribution is -2.41. The first-order valence-electron chi connectivity index (χ1n) is 6.58. The predicted molar refractivity (Wildman–Crippen MR) is 75.4 cm³/mol. The van der Waals surface area contributed by atoms with Gasteiger partial charge >= 0.3 is 0 Å². The van der Waals surface area contributed by atoms with Crippen LogP contribution in [0, 0.1) is 13.8 Å². The van der Waals surface area contributed by atoms with Crippen LogP contribution in [0.4, 0.5) is 0 Å². The summed E-state index contributed by atoms with van der Waals surface area (Å²) in [4.78, 5) is 11.9. The van der Waals surface area contributed by atoms with Crippen LogP contribution in [0.15, 0.2) is 18.2 Å². The van der Waals surface area contributed by atoms with E-state index in [1.807, 2.05) is 13.8 Å². The largest absolute Gasteiger partial charge is 0.348 e. The normalized spacial score (nSPS) is 14.1. The van der Waals surface area contributed by atoms with E-state index in [4.69, 9.17) is 5.73 Å². The Bertz CT molecular complexity index is 415. The summed E-state index contributed by atoms with van der Waals surface area (Å²) >= 11 is 0. The fourth-order valence-corrected chi connectivity index (χ4v) is 2.07. The van der Waals surface area contributed by atoms with E-state index in [0.717, 1.165) is 18.4 Å². The number of nitrogens with two attached hydrogens (primary N) is 1. The van der Waals surface area contributed by atoms with E-state index in [2.05, 4.69) is 37.4 Å². The molecule has 0 aliphatic rings. The van der Waals surface area contributed by atoms with Crippen molar-refractivity contribution < 1.29 is 4.79 Å². The Morgan fingerprint density at radius 2 is 2.06 bits per heavy atom. The van der Waals surface area contributed by atoms with E-state index in [9.17, 15) is 4.79 Å². The summed E-state index contributed by atoms with van der Waals surface area (Å²) in [5.74, 6) is -0.0646. The van der Waals surface area contributed by atoms with Gasteiger partial charge in [0.2, 0.25) is 5.91 Å². The Kier molecular flexibility index (Phi) is 5.35. The van der Waals surface area contributed by atoms with Gasteiger partial charge < -0.3 is 11.1 Å². The molecule has 0 fully saturated rings. The topological polar surface area (TPSA) is 55.1 Å².